The van der Waals surface area contributed by atoms with E-state index in [4.69, 9.17) is 0 Å². The molecule has 0 aliphatic rings. The van der Waals surface area contributed by atoms with Crippen molar-refractivity contribution < 1.29 is 0 Å². The molecule has 3 heteroatoms. The van der Waals surface area contributed by atoms with Gasteiger partial charge in [0.05, 0.1) is 0 Å². The van der Waals surface area contributed by atoms with Gasteiger partial charge in [0, 0.05) is 25.4 Å². The number of aromatic nitrogens is 2. The predicted molar refractivity (Wildman–Crippen MR) is 73.2 cm³/mol. The lowest BCUT2D eigenvalue weighted by atomic mass is 10.2. The van der Waals surface area contributed by atoms with Crippen LogP contribution in [0.15, 0.2) is 12.4 Å². The van der Waals surface area contributed by atoms with E-state index in [2.05, 4.69) is 34.9 Å². The van der Waals surface area contributed by atoms with Gasteiger partial charge in [-0.05, 0) is 38.8 Å². The van der Waals surface area contributed by atoms with Crippen molar-refractivity contribution in [2.24, 2.45) is 0 Å². The second-order valence-corrected chi connectivity index (χ2v) is 4.60. The van der Waals surface area contributed by atoms with Crippen molar-refractivity contribution >= 4 is 0 Å². The van der Waals surface area contributed by atoms with E-state index in [0.717, 1.165) is 19.5 Å². The van der Waals surface area contributed by atoms with Gasteiger partial charge < -0.3 is 9.88 Å². The Kier molecular flexibility index (Phi) is 7.72. The van der Waals surface area contributed by atoms with E-state index in [-0.39, 0.29) is 0 Å². The van der Waals surface area contributed by atoms with Gasteiger partial charge in [0.15, 0.2) is 0 Å². The first kappa shape index (κ1) is 14.2. The van der Waals surface area contributed by atoms with Crippen LogP contribution in [0, 0.1) is 0 Å². The molecule has 1 N–H and O–H groups in total. The lowest BCUT2D eigenvalue weighted by Crippen LogP contribution is -2.15. The summed E-state index contributed by atoms with van der Waals surface area (Å²) in [6.07, 6.45) is 11.4. The molecule has 0 aliphatic carbocycles. The summed E-state index contributed by atoms with van der Waals surface area (Å²) in [7, 11) is 0. The molecule has 0 radical (unpaired) electrons. The van der Waals surface area contributed by atoms with Crippen LogP contribution in [0.2, 0.25) is 0 Å². The van der Waals surface area contributed by atoms with Gasteiger partial charge in [-0.15, -0.1) is 0 Å². The van der Waals surface area contributed by atoms with Crippen molar-refractivity contribution in [2.45, 2.75) is 58.9 Å². The molecule has 0 aromatic carbocycles. The Morgan fingerprint density at radius 3 is 2.76 bits per heavy atom. The van der Waals surface area contributed by atoms with Crippen LogP contribution in [-0.4, -0.2) is 22.6 Å². The van der Waals surface area contributed by atoms with Gasteiger partial charge in [-0.25, -0.2) is 4.98 Å². The first-order valence-corrected chi connectivity index (χ1v) is 7.09. The van der Waals surface area contributed by atoms with Crippen LogP contribution >= 0.6 is 0 Å². The Balaban J connectivity index is 2.07. The van der Waals surface area contributed by atoms with Crippen LogP contribution in [0.3, 0.4) is 0 Å². The van der Waals surface area contributed by atoms with Gasteiger partial charge in [0.1, 0.15) is 5.82 Å². The number of rotatable bonds is 10. The molecule has 3 nitrogen and oxygen atoms in total. The maximum atomic E-state index is 4.40. The molecule has 1 aromatic heterocycles. The number of unbranched alkanes of at least 4 members (excludes halogenated alkanes) is 2. The average molecular weight is 237 g/mol. The molecule has 0 aliphatic heterocycles. The Morgan fingerprint density at radius 1 is 1.12 bits per heavy atom. The van der Waals surface area contributed by atoms with Gasteiger partial charge in [0.25, 0.3) is 0 Å². The van der Waals surface area contributed by atoms with Gasteiger partial charge in [-0.2, -0.15) is 0 Å². The highest BCUT2D eigenvalue weighted by Gasteiger charge is 2.00. The summed E-state index contributed by atoms with van der Waals surface area (Å²) in [5.41, 5.74) is 0. The summed E-state index contributed by atoms with van der Waals surface area (Å²) in [5, 5.41) is 3.44. The zero-order valence-corrected chi connectivity index (χ0v) is 11.4. The molecule has 0 fully saturated rings. The second-order valence-electron chi connectivity index (χ2n) is 4.60. The number of hydrogen-bond acceptors (Lipinski definition) is 2. The van der Waals surface area contributed by atoms with E-state index >= 15 is 0 Å². The van der Waals surface area contributed by atoms with Crippen LogP contribution in [0.25, 0.3) is 0 Å². The number of nitrogens with one attached hydrogen (secondary N) is 1. The Bertz CT molecular complexity index is 281. The molecule has 17 heavy (non-hydrogen) atoms. The number of imidazole rings is 1. The third-order valence-corrected chi connectivity index (χ3v) is 2.95. The Hall–Kier alpha value is -0.830. The minimum Gasteiger partial charge on any atom is -0.335 e. The average Bonchev–Trinajstić information content (AvgIpc) is 2.76. The van der Waals surface area contributed by atoms with Crippen LogP contribution in [0.4, 0.5) is 0 Å². The molecule has 1 rings (SSSR count). The summed E-state index contributed by atoms with van der Waals surface area (Å²) in [6.45, 7) is 7.87. The molecule has 0 bridgehead atoms. The zero-order valence-electron chi connectivity index (χ0n) is 11.4. The van der Waals surface area contributed by atoms with Crippen LogP contribution in [0.5, 0.6) is 0 Å². The van der Waals surface area contributed by atoms with Gasteiger partial charge in [0.2, 0.25) is 0 Å². The number of nitrogens with zero attached hydrogens (tertiary/aromatic N) is 2. The number of hydrogen-bond donors (Lipinski definition) is 1. The molecular formula is C14H27N3. The fraction of sp³-hybridized carbons (Fsp3) is 0.786. The summed E-state index contributed by atoms with van der Waals surface area (Å²) in [5.74, 6) is 1.25. The molecule has 0 unspecified atom stereocenters. The van der Waals surface area contributed by atoms with Crippen molar-refractivity contribution in [1.29, 1.82) is 0 Å². The first-order chi connectivity index (χ1) is 8.38. The van der Waals surface area contributed by atoms with E-state index in [0.29, 0.717) is 0 Å². The highest BCUT2D eigenvalue weighted by molar-refractivity contribution is 4.92. The number of aryl methyl sites for hydroxylation is 2. The smallest absolute Gasteiger partial charge is 0.108 e. The zero-order chi connectivity index (χ0) is 12.3. The molecule has 0 spiro atoms. The Labute approximate surface area is 106 Å². The van der Waals surface area contributed by atoms with E-state index in [1.54, 1.807) is 0 Å². The fourth-order valence-electron chi connectivity index (χ4n) is 2.01. The molecule has 98 valence electrons. The molecule has 0 atom stereocenters. The van der Waals surface area contributed by atoms with Crippen molar-refractivity contribution in [1.82, 2.24) is 14.9 Å². The molecule has 0 saturated carbocycles. The van der Waals surface area contributed by atoms with Crippen LogP contribution in [0.1, 0.15) is 51.8 Å². The quantitative estimate of drug-likeness (QED) is 0.634. The third kappa shape index (κ3) is 5.87. The first-order valence-electron chi connectivity index (χ1n) is 7.09. The second kappa shape index (κ2) is 9.23. The molecule has 0 amide bonds. The van der Waals surface area contributed by atoms with Crippen molar-refractivity contribution in [3.8, 4) is 0 Å². The van der Waals surface area contributed by atoms with E-state index in [1.165, 1.54) is 44.5 Å². The monoisotopic (exact) mass is 237 g/mol. The highest BCUT2D eigenvalue weighted by Crippen LogP contribution is 2.04. The molecule has 1 aromatic rings. The van der Waals surface area contributed by atoms with Crippen LogP contribution < -0.4 is 5.32 Å². The molecule has 0 saturated heterocycles. The maximum Gasteiger partial charge on any atom is 0.108 e. The van der Waals surface area contributed by atoms with Gasteiger partial charge in [-0.1, -0.05) is 20.3 Å². The van der Waals surface area contributed by atoms with Crippen LogP contribution in [-0.2, 0) is 13.0 Å². The lowest BCUT2D eigenvalue weighted by Gasteiger charge is -2.07. The third-order valence-electron chi connectivity index (χ3n) is 2.95. The summed E-state index contributed by atoms with van der Waals surface area (Å²) in [4.78, 5) is 4.40. The van der Waals surface area contributed by atoms with Crippen molar-refractivity contribution in [2.75, 3.05) is 13.1 Å². The Morgan fingerprint density at radius 2 is 2.00 bits per heavy atom. The maximum absolute atomic E-state index is 4.40. The topological polar surface area (TPSA) is 29.9 Å². The lowest BCUT2D eigenvalue weighted by molar-refractivity contribution is 0.545. The highest BCUT2D eigenvalue weighted by atomic mass is 15.1. The van der Waals surface area contributed by atoms with Crippen molar-refractivity contribution in [3.05, 3.63) is 18.2 Å². The largest absolute Gasteiger partial charge is 0.335 e. The predicted octanol–water partition coefficient (Wildman–Crippen LogP) is 3.01. The minimum absolute atomic E-state index is 1.10. The SMILES string of the molecule is CCCNCCCCCn1ccnc1CCC. The molecule has 1 heterocycles. The summed E-state index contributed by atoms with van der Waals surface area (Å²) >= 11 is 0. The van der Waals surface area contributed by atoms with Crippen molar-refractivity contribution in [3.63, 3.8) is 0 Å². The summed E-state index contributed by atoms with van der Waals surface area (Å²) in [6, 6.07) is 0. The van der Waals surface area contributed by atoms with Gasteiger partial charge >= 0.3 is 0 Å². The normalized spacial score (nSPS) is 10.9. The molecular weight excluding hydrogens is 210 g/mol. The fourth-order valence-corrected chi connectivity index (χ4v) is 2.01. The van der Waals surface area contributed by atoms with E-state index in [1.807, 2.05) is 6.20 Å². The standard InChI is InChI=1S/C14H27N3/c1-3-8-14-16-11-13-17(14)12-7-5-6-10-15-9-4-2/h11,13,15H,3-10,12H2,1-2H3. The van der Waals surface area contributed by atoms with E-state index in [9.17, 15) is 0 Å². The van der Waals surface area contributed by atoms with E-state index < -0.39 is 0 Å². The minimum atomic E-state index is 1.10. The van der Waals surface area contributed by atoms with Gasteiger partial charge in [-0.3, -0.25) is 0 Å². The summed E-state index contributed by atoms with van der Waals surface area (Å²) < 4.78 is 2.31.